The van der Waals surface area contributed by atoms with E-state index < -0.39 is 5.97 Å². The Morgan fingerprint density at radius 3 is 2.50 bits per heavy atom. The third-order valence-corrected chi connectivity index (χ3v) is 4.04. The third kappa shape index (κ3) is 5.37. The maximum Gasteiger partial charge on any atom is 0.339 e. The second kappa shape index (κ2) is 9.08. The van der Waals surface area contributed by atoms with Crippen LogP contribution in [0.4, 0.5) is 0 Å². The van der Waals surface area contributed by atoms with Gasteiger partial charge in [-0.15, -0.1) is 0 Å². The van der Waals surface area contributed by atoms with Gasteiger partial charge >= 0.3 is 5.97 Å². The minimum atomic E-state index is -1.03. The molecule has 0 saturated carbocycles. The molecule has 0 saturated heterocycles. The Bertz CT molecular complexity index is 748. The van der Waals surface area contributed by atoms with E-state index in [2.05, 4.69) is 6.92 Å². The monoisotopic (exact) mass is 359 g/mol. The fourth-order valence-electron chi connectivity index (χ4n) is 2.57. The summed E-state index contributed by atoms with van der Waals surface area (Å²) in [5, 5.41) is 9.05. The SMILES string of the molecule is CCCOc1ccc(CCC(=O)N(C)Cc2cc(C(=O)O)c(C)o2)cc1. The molecule has 0 spiro atoms. The number of aryl methyl sites for hydroxylation is 2. The number of hydrogen-bond donors (Lipinski definition) is 1. The molecule has 0 radical (unpaired) electrons. The summed E-state index contributed by atoms with van der Waals surface area (Å²) in [4.78, 5) is 24.9. The van der Waals surface area contributed by atoms with Crippen LogP contribution in [0.1, 0.15) is 47.2 Å². The van der Waals surface area contributed by atoms with E-state index >= 15 is 0 Å². The second-order valence-corrected chi connectivity index (χ2v) is 6.23. The average molecular weight is 359 g/mol. The van der Waals surface area contributed by atoms with Crippen molar-refractivity contribution in [2.45, 2.75) is 39.7 Å². The summed E-state index contributed by atoms with van der Waals surface area (Å²) in [5.41, 5.74) is 1.20. The highest BCUT2D eigenvalue weighted by atomic mass is 16.5. The van der Waals surface area contributed by atoms with Gasteiger partial charge in [-0.1, -0.05) is 19.1 Å². The van der Waals surface area contributed by atoms with Gasteiger partial charge in [-0.2, -0.15) is 0 Å². The second-order valence-electron chi connectivity index (χ2n) is 6.23. The molecule has 2 aromatic rings. The zero-order chi connectivity index (χ0) is 19.1. The molecule has 1 heterocycles. The van der Waals surface area contributed by atoms with Crippen LogP contribution in [0.2, 0.25) is 0 Å². The highest BCUT2D eigenvalue weighted by molar-refractivity contribution is 5.88. The first-order valence-electron chi connectivity index (χ1n) is 8.69. The maximum atomic E-state index is 12.3. The zero-order valence-electron chi connectivity index (χ0n) is 15.4. The molecule has 0 aliphatic heterocycles. The van der Waals surface area contributed by atoms with E-state index in [0.29, 0.717) is 31.0 Å². The lowest BCUT2D eigenvalue weighted by Crippen LogP contribution is -2.26. The smallest absolute Gasteiger partial charge is 0.339 e. The molecule has 2 rings (SSSR count). The predicted octanol–water partition coefficient (Wildman–Crippen LogP) is 3.67. The Labute approximate surface area is 153 Å². The van der Waals surface area contributed by atoms with Gasteiger partial charge in [0.15, 0.2) is 0 Å². The lowest BCUT2D eigenvalue weighted by Gasteiger charge is -2.15. The summed E-state index contributed by atoms with van der Waals surface area (Å²) in [6, 6.07) is 9.23. The van der Waals surface area contributed by atoms with Crippen LogP contribution < -0.4 is 4.74 Å². The van der Waals surface area contributed by atoms with Crippen molar-refractivity contribution in [1.82, 2.24) is 4.90 Å². The Kier molecular flexibility index (Phi) is 6.83. The molecule has 6 heteroatoms. The summed E-state index contributed by atoms with van der Waals surface area (Å²) in [7, 11) is 1.68. The number of carbonyl (C=O) groups excluding carboxylic acids is 1. The number of aromatic carboxylic acids is 1. The standard InChI is InChI=1S/C20H25NO5/c1-4-11-25-16-8-5-15(6-9-16)7-10-19(22)21(3)13-17-12-18(20(23)24)14(2)26-17/h5-6,8-9,12H,4,7,10-11,13H2,1-3H3,(H,23,24). The molecule has 0 unspecified atom stereocenters. The molecule has 0 atom stereocenters. The number of carbonyl (C=O) groups is 2. The van der Waals surface area contributed by atoms with Gasteiger partial charge < -0.3 is 19.2 Å². The Hall–Kier alpha value is -2.76. The third-order valence-electron chi connectivity index (χ3n) is 4.04. The molecule has 0 fully saturated rings. The molecule has 0 aliphatic rings. The van der Waals surface area contributed by atoms with E-state index in [1.165, 1.54) is 6.07 Å². The Balaban J connectivity index is 1.85. The van der Waals surface area contributed by atoms with Crippen molar-refractivity contribution in [3.8, 4) is 5.75 Å². The van der Waals surface area contributed by atoms with Gasteiger partial charge in [-0.05, 0) is 43.5 Å². The van der Waals surface area contributed by atoms with Crippen molar-refractivity contribution >= 4 is 11.9 Å². The molecule has 6 nitrogen and oxygen atoms in total. The molecular weight excluding hydrogens is 334 g/mol. The Morgan fingerprint density at radius 1 is 1.23 bits per heavy atom. The number of furan rings is 1. The van der Waals surface area contributed by atoms with Gasteiger partial charge in [0, 0.05) is 13.5 Å². The van der Waals surface area contributed by atoms with E-state index in [1.54, 1.807) is 18.9 Å². The first-order valence-corrected chi connectivity index (χ1v) is 8.69. The molecule has 1 aromatic carbocycles. The summed E-state index contributed by atoms with van der Waals surface area (Å²) in [5.74, 6) is 0.591. The number of carboxylic acids is 1. The summed E-state index contributed by atoms with van der Waals surface area (Å²) >= 11 is 0. The van der Waals surface area contributed by atoms with E-state index in [9.17, 15) is 9.59 Å². The van der Waals surface area contributed by atoms with Crippen LogP contribution in [0.25, 0.3) is 0 Å². The van der Waals surface area contributed by atoms with E-state index in [4.69, 9.17) is 14.3 Å². The quantitative estimate of drug-likeness (QED) is 0.739. The van der Waals surface area contributed by atoms with Crippen LogP contribution in [0.5, 0.6) is 5.75 Å². The van der Waals surface area contributed by atoms with Gasteiger partial charge in [-0.25, -0.2) is 4.79 Å². The average Bonchev–Trinajstić information content (AvgIpc) is 2.99. The topological polar surface area (TPSA) is 80.0 Å². The Morgan fingerprint density at radius 2 is 1.92 bits per heavy atom. The van der Waals surface area contributed by atoms with Gasteiger partial charge in [0.05, 0.1) is 13.2 Å². The minimum Gasteiger partial charge on any atom is -0.494 e. The number of carboxylic acid groups (broad SMARTS) is 1. The largest absolute Gasteiger partial charge is 0.494 e. The van der Waals surface area contributed by atoms with Gasteiger partial charge in [0.2, 0.25) is 5.91 Å². The highest BCUT2D eigenvalue weighted by Crippen LogP contribution is 2.17. The van der Waals surface area contributed by atoms with Crippen molar-refractivity contribution in [3.05, 3.63) is 53.0 Å². The maximum absolute atomic E-state index is 12.3. The van der Waals surface area contributed by atoms with Crippen LogP contribution in [0.15, 0.2) is 34.7 Å². The number of benzene rings is 1. The molecule has 1 amide bonds. The summed E-state index contributed by atoms with van der Waals surface area (Å²) < 4.78 is 11.0. The normalized spacial score (nSPS) is 10.6. The van der Waals surface area contributed by atoms with Crippen LogP contribution in [0, 0.1) is 6.92 Å². The molecule has 1 N–H and O–H groups in total. The fraction of sp³-hybridized carbons (Fsp3) is 0.400. The first-order chi connectivity index (χ1) is 12.4. The molecule has 140 valence electrons. The van der Waals surface area contributed by atoms with Crippen LogP contribution in [-0.4, -0.2) is 35.5 Å². The minimum absolute atomic E-state index is 0.0257. The van der Waals surface area contributed by atoms with Crippen LogP contribution in [-0.2, 0) is 17.8 Å². The van der Waals surface area contributed by atoms with E-state index in [-0.39, 0.29) is 18.0 Å². The van der Waals surface area contributed by atoms with Crippen LogP contribution in [0.3, 0.4) is 0 Å². The lowest BCUT2D eigenvalue weighted by atomic mass is 10.1. The van der Waals surface area contributed by atoms with Crippen molar-refractivity contribution in [2.24, 2.45) is 0 Å². The van der Waals surface area contributed by atoms with Crippen molar-refractivity contribution < 1.29 is 23.8 Å². The van der Waals surface area contributed by atoms with Gasteiger partial charge in [0.25, 0.3) is 0 Å². The van der Waals surface area contributed by atoms with Crippen molar-refractivity contribution in [2.75, 3.05) is 13.7 Å². The van der Waals surface area contributed by atoms with E-state index in [0.717, 1.165) is 17.7 Å². The molecular formula is C20H25NO5. The first kappa shape index (κ1) is 19.6. The van der Waals surface area contributed by atoms with Crippen LogP contribution >= 0.6 is 0 Å². The number of amides is 1. The van der Waals surface area contributed by atoms with Crippen molar-refractivity contribution in [1.29, 1.82) is 0 Å². The van der Waals surface area contributed by atoms with Crippen molar-refractivity contribution in [3.63, 3.8) is 0 Å². The van der Waals surface area contributed by atoms with E-state index in [1.807, 2.05) is 24.3 Å². The number of ether oxygens (including phenoxy) is 1. The summed E-state index contributed by atoms with van der Waals surface area (Å²) in [6.45, 7) is 4.60. The fourth-order valence-corrected chi connectivity index (χ4v) is 2.57. The number of hydrogen-bond acceptors (Lipinski definition) is 4. The highest BCUT2D eigenvalue weighted by Gasteiger charge is 2.16. The zero-order valence-corrected chi connectivity index (χ0v) is 15.4. The predicted molar refractivity (Wildman–Crippen MR) is 97.4 cm³/mol. The molecule has 0 aliphatic carbocycles. The lowest BCUT2D eigenvalue weighted by molar-refractivity contribution is -0.130. The molecule has 1 aromatic heterocycles. The number of nitrogens with zero attached hydrogens (tertiary/aromatic N) is 1. The summed E-state index contributed by atoms with van der Waals surface area (Å²) in [6.07, 6.45) is 1.97. The van der Waals surface area contributed by atoms with Gasteiger partial charge in [-0.3, -0.25) is 4.79 Å². The number of rotatable bonds is 9. The van der Waals surface area contributed by atoms with Gasteiger partial charge in [0.1, 0.15) is 22.8 Å². The molecule has 26 heavy (non-hydrogen) atoms. The molecule has 0 bridgehead atoms.